The number of nitrogens with zero attached hydrogens (tertiary/aromatic N) is 4. The van der Waals surface area contributed by atoms with E-state index in [1.807, 2.05) is 16.9 Å². The van der Waals surface area contributed by atoms with Crippen molar-refractivity contribution < 1.29 is 0 Å². The molecule has 160 valence electrons. The molecule has 0 aliphatic rings. The molecule has 3 N–H and O–H groups in total. The van der Waals surface area contributed by atoms with Gasteiger partial charge in [-0.15, -0.1) is 5.10 Å². The monoisotopic (exact) mass is 414 g/mol. The fraction of sp³-hybridized carbons (Fsp3) is 0.320. The van der Waals surface area contributed by atoms with Gasteiger partial charge < -0.3 is 11.1 Å². The first-order chi connectivity index (χ1) is 15.2. The molecule has 2 aromatic carbocycles. The van der Waals surface area contributed by atoms with E-state index in [1.54, 1.807) is 0 Å². The minimum atomic E-state index is 0.605. The van der Waals surface area contributed by atoms with Gasteiger partial charge in [0.15, 0.2) is 0 Å². The average Bonchev–Trinajstić information content (AvgIpc) is 3.25. The van der Waals surface area contributed by atoms with Gasteiger partial charge in [-0.05, 0) is 43.5 Å². The molecule has 4 rings (SSSR count). The Labute approximate surface area is 183 Å². The van der Waals surface area contributed by atoms with Gasteiger partial charge in [0.05, 0.1) is 24.0 Å². The second-order valence-electron chi connectivity index (χ2n) is 7.85. The van der Waals surface area contributed by atoms with Crippen molar-refractivity contribution in [3.63, 3.8) is 0 Å². The second-order valence-corrected chi connectivity index (χ2v) is 7.85. The van der Waals surface area contributed by atoms with E-state index in [1.165, 1.54) is 11.1 Å². The highest BCUT2D eigenvalue weighted by atomic mass is 15.4. The third-order valence-corrected chi connectivity index (χ3v) is 5.55. The molecule has 4 aromatic rings. The van der Waals surface area contributed by atoms with Crippen LogP contribution in [0.4, 0.5) is 5.69 Å². The third-order valence-electron chi connectivity index (χ3n) is 5.55. The van der Waals surface area contributed by atoms with Crippen LogP contribution in [-0.2, 0) is 19.5 Å². The number of hydrogen-bond donors (Lipinski definition) is 2. The number of anilines is 1. The number of aryl methyl sites for hydroxylation is 2. The van der Waals surface area contributed by atoms with Crippen LogP contribution in [0.1, 0.15) is 36.6 Å². The molecule has 0 saturated carbocycles. The molecule has 6 nitrogen and oxygen atoms in total. The summed E-state index contributed by atoms with van der Waals surface area (Å²) in [6, 6.07) is 16.9. The summed E-state index contributed by atoms with van der Waals surface area (Å²) >= 11 is 0. The summed E-state index contributed by atoms with van der Waals surface area (Å²) in [6.07, 6.45) is 5.02. The summed E-state index contributed by atoms with van der Waals surface area (Å²) < 4.78 is 1.85. The molecule has 2 heterocycles. The first-order valence-electron chi connectivity index (χ1n) is 11.0. The van der Waals surface area contributed by atoms with Crippen molar-refractivity contribution in [2.24, 2.45) is 5.73 Å². The van der Waals surface area contributed by atoms with E-state index in [0.717, 1.165) is 59.3 Å². The van der Waals surface area contributed by atoms with Crippen molar-refractivity contribution in [2.45, 2.75) is 46.2 Å². The van der Waals surface area contributed by atoms with Gasteiger partial charge in [-0.1, -0.05) is 61.0 Å². The molecule has 0 amide bonds. The van der Waals surface area contributed by atoms with Crippen LogP contribution in [0.15, 0.2) is 54.7 Å². The highest BCUT2D eigenvalue weighted by Gasteiger charge is 2.15. The van der Waals surface area contributed by atoms with Crippen LogP contribution in [-0.4, -0.2) is 26.5 Å². The normalized spacial score (nSPS) is 11.2. The van der Waals surface area contributed by atoms with Crippen LogP contribution >= 0.6 is 0 Å². The van der Waals surface area contributed by atoms with Crippen molar-refractivity contribution in [3.05, 3.63) is 71.5 Å². The Balaban J connectivity index is 1.71. The molecule has 0 fully saturated rings. The highest BCUT2D eigenvalue weighted by molar-refractivity contribution is 5.96. The van der Waals surface area contributed by atoms with Gasteiger partial charge in [0.1, 0.15) is 5.69 Å². The Morgan fingerprint density at radius 1 is 1.06 bits per heavy atom. The maximum Gasteiger partial charge on any atom is 0.102 e. The first-order valence-corrected chi connectivity index (χ1v) is 11.0. The number of fused-ring (bicyclic) bond motifs is 1. The van der Waals surface area contributed by atoms with E-state index in [0.29, 0.717) is 13.1 Å². The lowest BCUT2D eigenvalue weighted by Gasteiger charge is -2.17. The van der Waals surface area contributed by atoms with Crippen LogP contribution in [0.3, 0.4) is 0 Å². The number of para-hydroxylation sites is 1. The Morgan fingerprint density at radius 3 is 2.71 bits per heavy atom. The topological polar surface area (TPSA) is 81.7 Å². The van der Waals surface area contributed by atoms with Gasteiger partial charge >= 0.3 is 0 Å². The molecular formula is C25H30N6. The molecule has 6 heteroatoms. The fourth-order valence-electron chi connectivity index (χ4n) is 4.00. The Bertz CT molecular complexity index is 1160. The minimum Gasteiger partial charge on any atom is -0.378 e. The lowest BCUT2D eigenvalue weighted by Crippen LogP contribution is -2.06. The molecule has 0 unspecified atom stereocenters. The number of rotatable bonds is 9. The van der Waals surface area contributed by atoms with Crippen molar-refractivity contribution in [1.29, 1.82) is 0 Å². The highest BCUT2D eigenvalue weighted by Crippen LogP contribution is 2.35. The molecule has 0 bridgehead atoms. The summed E-state index contributed by atoms with van der Waals surface area (Å²) in [5.41, 5.74) is 13.3. The van der Waals surface area contributed by atoms with E-state index in [9.17, 15) is 0 Å². The molecule has 31 heavy (non-hydrogen) atoms. The van der Waals surface area contributed by atoms with Crippen LogP contribution in [0.2, 0.25) is 0 Å². The molecule has 0 aliphatic carbocycles. The van der Waals surface area contributed by atoms with Crippen LogP contribution in [0, 0.1) is 6.92 Å². The minimum absolute atomic E-state index is 0.605. The fourth-order valence-corrected chi connectivity index (χ4v) is 4.00. The van der Waals surface area contributed by atoms with Gasteiger partial charge in [0.2, 0.25) is 0 Å². The molecule has 0 atom stereocenters. The largest absolute Gasteiger partial charge is 0.378 e. The quantitative estimate of drug-likeness (QED) is 0.414. The van der Waals surface area contributed by atoms with E-state index < -0.39 is 0 Å². The Hall–Kier alpha value is -3.25. The van der Waals surface area contributed by atoms with Crippen LogP contribution < -0.4 is 11.1 Å². The van der Waals surface area contributed by atoms with Gasteiger partial charge in [-0.25, -0.2) is 4.98 Å². The zero-order valence-electron chi connectivity index (χ0n) is 18.3. The standard InChI is InChI=1S/C25H30N6/c1-3-9-19-10-4-5-11-21(19)25-18(2)24(22-12-6-7-13-23(22)28-25)27-16-20-17-31(30-29-20)15-8-14-26/h4-7,10-13,17H,3,8-9,14-16,26H2,1-2H3,(H,27,28). The number of nitrogens with one attached hydrogen (secondary N) is 1. The number of pyridine rings is 1. The van der Waals surface area contributed by atoms with Crippen molar-refractivity contribution in [1.82, 2.24) is 20.0 Å². The zero-order valence-corrected chi connectivity index (χ0v) is 18.3. The van der Waals surface area contributed by atoms with Crippen molar-refractivity contribution >= 4 is 16.6 Å². The predicted molar refractivity (Wildman–Crippen MR) is 127 cm³/mol. The zero-order chi connectivity index (χ0) is 21.6. The molecule has 0 radical (unpaired) electrons. The van der Waals surface area contributed by atoms with E-state index in [2.05, 4.69) is 71.9 Å². The van der Waals surface area contributed by atoms with E-state index in [4.69, 9.17) is 10.7 Å². The number of benzene rings is 2. The summed E-state index contributed by atoms with van der Waals surface area (Å²) in [5.74, 6) is 0. The first kappa shape index (κ1) is 21.0. The van der Waals surface area contributed by atoms with E-state index in [-0.39, 0.29) is 0 Å². The number of aromatic nitrogens is 4. The lowest BCUT2D eigenvalue weighted by molar-refractivity contribution is 0.564. The van der Waals surface area contributed by atoms with Crippen molar-refractivity contribution in [3.8, 4) is 11.3 Å². The van der Waals surface area contributed by atoms with Gasteiger partial charge in [0.25, 0.3) is 0 Å². The number of nitrogens with two attached hydrogens (primary N) is 1. The number of hydrogen-bond acceptors (Lipinski definition) is 5. The van der Waals surface area contributed by atoms with Crippen molar-refractivity contribution in [2.75, 3.05) is 11.9 Å². The molecular weight excluding hydrogens is 384 g/mol. The second kappa shape index (κ2) is 9.71. The summed E-state index contributed by atoms with van der Waals surface area (Å²) in [4.78, 5) is 5.06. The third kappa shape index (κ3) is 4.59. The average molecular weight is 415 g/mol. The van der Waals surface area contributed by atoms with E-state index >= 15 is 0 Å². The molecule has 0 saturated heterocycles. The maximum absolute atomic E-state index is 5.60. The summed E-state index contributed by atoms with van der Waals surface area (Å²) in [7, 11) is 0. The van der Waals surface area contributed by atoms with Gasteiger partial charge in [-0.2, -0.15) is 0 Å². The maximum atomic E-state index is 5.60. The molecule has 2 aromatic heterocycles. The Morgan fingerprint density at radius 2 is 1.87 bits per heavy atom. The van der Waals surface area contributed by atoms with Gasteiger partial charge in [0, 0.05) is 23.2 Å². The van der Waals surface area contributed by atoms with Crippen LogP contribution in [0.5, 0.6) is 0 Å². The summed E-state index contributed by atoms with van der Waals surface area (Å²) in [5, 5.41) is 13.3. The van der Waals surface area contributed by atoms with Gasteiger partial charge in [-0.3, -0.25) is 4.68 Å². The van der Waals surface area contributed by atoms with Crippen LogP contribution in [0.25, 0.3) is 22.2 Å². The molecule has 0 spiro atoms. The predicted octanol–water partition coefficient (Wildman–Crippen LogP) is 4.72. The summed E-state index contributed by atoms with van der Waals surface area (Å²) in [6.45, 7) is 6.41. The Kier molecular flexibility index (Phi) is 6.57. The lowest BCUT2D eigenvalue weighted by atomic mass is 9.96. The smallest absolute Gasteiger partial charge is 0.102 e. The SMILES string of the molecule is CCCc1ccccc1-c1nc2ccccc2c(NCc2cn(CCCN)nn2)c1C. The molecule has 0 aliphatic heterocycles.